The molecule has 0 unspecified atom stereocenters. The van der Waals surface area contributed by atoms with Crippen LogP contribution in [0.5, 0.6) is 0 Å². The zero-order valence-corrected chi connectivity index (χ0v) is 10.4. The van der Waals surface area contributed by atoms with Crippen molar-refractivity contribution in [3.8, 4) is 0 Å². The van der Waals surface area contributed by atoms with Gasteiger partial charge in [0.15, 0.2) is 0 Å². The zero-order valence-electron chi connectivity index (χ0n) is 10.4. The van der Waals surface area contributed by atoms with Crippen LogP contribution in [0, 0.1) is 6.92 Å². The van der Waals surface area contributed by atoms with Gasteiger partial charge in [0.05, 0.1) is 0 Å². The first kappa shape index (κ1) is 11.3. The van der Waals surface area contributed by atoms with Gasteiger partial charge in [-0.05, 0) is 44.7 Å². The van der Waals surface area contributed by atoms with Crippen molar-refractivity contribution >= 4 is 11.4 Å². The zero-order chi connectivity index (χ0) is 11.7. The van der Waals surface area contributed by atoms with Gasteiger partial charge in [0.25, 0.3) is 0 Å². The predicted octanol–water partition coefficient (Wildman–Crippen LogP) is 1.72. The number of rotatable bonds is 1. The van der Waals surface area contributed by atoms with E-state index in [4.69, 9.17) is 5.73 Å². The SMILES string of the molecule is Cc1cc(N)ccc1N1CCN(C)[C@H](C)C1. The van der Waals surface area contributed by atoms with E-state index in [1.54, 1.807) is 0 Å². The van der Waals surface area contributed by atoms with Crippen LogP contribution in [0.1, 0.15) is 12.5 Å². The van der Waals surface area contributed by atoms with Gasteiger partial charge in [0.1, 0.15) is 0 Å². The van der Waals surface area contributed by atoms with Gasteiger partial charge in [-0.25, -0.2) is 0 Å². The molecule has 3 heteroatoms. The van der Waals surface area contributed by atoms with E-state index in [1.807, 2.05) is 6.07 Å². The van der Waals surface area contributed by atoms with E-state index in [9.17, 15) is 0 Å². The Kier molecular flexibility index (Phi) is 3.06. The number of hydrogen-bond acceptors (Lipinski definition) is 3. The molecule has 3 nitrogen and oxygen atoms in total. The molecule has 1 aliphatic rings. The summed E-state index contributed by atoms with van der Waals surface area (Å²) in [5, 5.41) is 0. The fourth-order valence-electron chi connectivity index (χ4n) is 2.30. The van der Waals surface area contributed by atoms with E-state index in [1.165, 1.54) is 11.3 Å². The summed E-state index contributed by atoms with van der Waals surface area (Å²) in [5.74, 6) is 0. The largest absolute Gasteiger partial charge is 0.399 e. The third-order valence-electron chi connectivity index (χ3n) is 3.52. The van der Waals surface area contributed by atoms with Crippen molar-refractivity contribution in [3.05, 3.63) is 23.8 Å². The number of nitrogens with zero attached hydrogens (tertiary/aromatic N) is 2. The van der Waals surface area contributed by atoms with E-state index >= 15 is 0 Å². The first-order chi connectivity index (χ1) is 7.58. The van der Waals surface area contributed by atoms with Crippen LogP contribution in [-0.4, -0.2) is 37.6 Å². The summed E-state index contributed by atoms with van der Waals surface area (Å²) in [6.45, 7) is 7.74. The van der Waals surface area contributed by atoms with Crippen molar-refractivity contribution in [2.24, 2.45) is 0 Å². The highest BCUT2D eigenvalue weighted by molar-refractivity contribution is 5.59. The Labute approximate surface area is 97.8 Å². The van der Waals surface area contributed by atoms with E-state index in [0.717, 1.165) is 25.3 Å². The average molecular weight is 219 g/mol. The lowest BCUT2D eigenvalue weighted by Crippen LogP contribution is -2.50. The number of likely N-dealkylation sites (N-methyl/N-ethyl adjacent to an activating group) is 1. The van der Waals surface area contributed by atoms with Crippen LogP contribution in [0.4, 0.5) is 11.4 Å². The molecule has 0 radical (unpaired) electrons. The van der Waals surface area contributed by atoms with Gasteiger partial charge < -0.3 is 15.5 Å². The molecule has 1 aromatic carbocycles. The van der Waals surface area contributed by atoms with E-state index in [-0.39, 0.29) is 0 Å². The molecule has 88 valence electrons. The van der Waals surface area contributed by atoms with Gasteiger partial charge in [-0.15, -0.1) is 0 Å². The van der Waals surface area contributed by atoms with Crippen molar-refractivity contribution in [2.75, 3.05) is 37.3 Å². The molecule has 0 amide bonds. The minimum absolute atomic E-state index is 0.616. The number of benzene rings is 1. The molecule has 0 spiro atoms. The van der Waals surface area contributed by atoms with Crippen molar-refractivity contribution in [2.45, 2.75) is 19.9 Å². The fourth-order valence-corrected chi connectivity index (χ4v) is 2.30. The monoisotopic (exact) mass is 219 g/mol. The third kappa shape index (κ3) is 2.14. The van der Waals surface area contributed by atoms with Gasteiger partial charge in [-0.2, -0.15) is 0 Å². The number of nitrogens with two attached hydrogens (primary N) is 1. The number of aryl methyl sites for hydroxylation is 1. The molecule has 0 saturated carbocycles. The summed E-state index contributed by atoms with van der Waals surface area (Å²) in [5.41, 5.74) is 9.23. The second-order valence-electron chi connectivity index (χ2n) is 4.82. The summed E-state index contributed by atoms with van der Waals surface area (Å²) in [4.78, 5) is 4.86. The van der Waals surface area contributed by atoms with Gasteiger partial charge in [-0.1, -0.05) is 0 Å². The molecule has 0 bridgehead atoms. The first-order valence-corrected chi connectivity index (χ1v) is 5.89. The highest BCUT2D eigenvalue weighted by Crippen LogP contribution is 2.24. The fraction of sp³-hybridized carbons (Fsp3) is 0.538. The minimum Gasteiger partial charge on any atom is -0.399 e. The molecular weight excluding hydrogens is 198 g/mol. The van der Waals surface area contributed by atoms with Crippen LogP contribution in [0.3, 0.4) is 0 Å². The standard InChI is InChI=1S/C13H21N3/c1-10-8-12(14)4-5-13(10)16-7-6-15(3)11(2)9-16/h4-5,8,11H,6-7,9,14H2,1-3H3/t11-/m1/s1. The van der Waals surface area contributed by atoms with Crippen molar-refractivity contribution < 1.29 is 0 Å². The molecule has 1 aliphatic heterocycles. The number of anilines is 2. The maximum Gasteiger partial charge on any atom is 0.0398 e. The molecule has 1 saturated heterocycles. The second-order valence-corrected chi connectivity index (χ2v) is 4.82. The van der Waals surface area contributed by atoms with Crippen LogP contribution in [0.15, 0.2) is 18.2 Å². The third-order valence-corrected chi connectivity index (χ3v) is 3.52. The Hall–Kier alpha value is -1.22. The molecule has 1 aromatic rings. The molecule has 2 N–H and O–H groups in total. The van der Waals surface area contributed by atoms with Crippen molar-refractivity contribution in [1.82, 2.24) is 4.90 Å². The lowest BCUT2D eigenvalue weighted by molar-refractivity contribution is 0.234. The van der Waals surface area contributed by atoms with Crippen molar-refractivity contribution in [1.29, 1.82) is 0 Å². The minimum atomic E-state index is 0.616. The van der Waals surface area contributed by atoms with Crippen LogP contribution >= 0.6 is 0 Å². The summed E-state index contributed by atoms with van der Waals surface area (Å²) >= 11 is 0. The smallest absolute Gasteiger partial charge is 0.0398 e. The molecule has 0 aliphatic carbocycles. The quantitative estimate of drug-likeness (QED) is 0.730. The summed E-state index contributed by atoms with van der Waals surface area (Å²) in [7, 11) is 2.19. The van der Waals surface area contributed by atoms with Gasteiger partial charge in [0, 0.05) is 37.1 Å². The second kappa shape index (κ2) is 4.34. The molecule has 1 heterocycles. The lowest BCUT2D eigenvalue weighted by atomic mass is 10.1. The Morgan fingerprint density at radius 3 is 2.69 bits per heavy atom. The van der Waals surface area contributed by atoms with Crippen LogP contribution in [0.25, 0.3) is 0 Å². The molecule has 1 fully saturated rings. The highest BCUT2D eigenvalue weighted by atomic mass is 15.3. The maximum atomic E-state index is 5.78. The Bertz CT molecular complexity index is 375. The van der Waals surface area contributed by atoms with Gasteiger partial charge >= 0.3 is 0 Å². The highest BCUT2D eigenvalue weighted by Gasteiger charge is 2.21. The predicted molar refractivity (Wildman–Crippen MR) is 69.9 cm³/mol. The van der Waals surface area contributed by atoms with E-state index < -0.39 is 0 Å². The Morgan fingerprint density at radius 1 is 1.31 bits per heavy atom. The van der Waals surface area contributed by atoms with Crippen LogP contribution < -0.4 is 10.6 Å². The molecular formula is C13H21N3. The molecule has 1 atom stereocenters. The average Bonchev–Trinajstić information content (AvgIpc) is 2.22. The number of hydrogen-bond donors (Lipinski definition) is 1. The topological polar surface area (TPSA) is 32.5 Å². The first-order valence-electron chi connectivity index (χ1n) is 5.89. The van der Waals surface area contributed by atoms with E-state index in [0.29, 0.717) is 6.04 Å². The van der Waals surface area contributed by atoms with Crippen molar-refractivity contribution in [3.63, 3.8) is 0 Å². The summed E-state index contributed by atoms with van der Waals surface area (Å²) < 4.78 is 0. The molecule has 16 heavy (non-hydrogen) atoms. The molecule has 0 aromatic heterocycles. The maximum absolute atomic E-state index is 5.78. The number of nitrogen functional groups attached to an aromatic ring is 1. The van der Waals surface area contributed by atoms with Gasteiger partial charge in [0.2, 0.25) is 0 Å². The Balaban J connectivity index is 2.18. The summed E-state index contributed by atoms with van der Waals surface area (Å²) in [6, 6.07) is 6.80. The van der Waals surface area contributed by atoms with Crippen LogP contribution in [0.2, 0.25) is 0 Å². The van der Waals surface area contributed by atoms with Gasteiger partial charge in [-0.3, -0.25) is 0 Å². The summed E-state index contributed by atoms with van der Waals surface area (Å²) in [6.07, 6.45) is 0. The van der Waals surface area contributed by atoms with E-state index in [2.05, 4.69) is 42.8 Å². The molecule has 2 rings (SSSR count). The normalized spacial score (nSPS) is 22.4. The number of piperazine rings is 1. The Morgan fingerprint density at radius 2 is 2.06 bits per heavy atom. The van der Waals surface area contributed by atoms with Crippen LogP contribution in [-0.2, 0) is 0 Å². The lowest BCUT2D eigenvalue weighted by Gasteiger charge is -2.39.